The van der Waals surface area contributed by atoms with E-state index in [1.165, 1.54) is 16.9 Å². The summed E-state index contributed by atoms with van der Waals surface area (Å²) in [6.45, 7) is 1.91. The fourth-order valence-electron chi connectivity index (χ4n) is 4.69. The molecule has 1 fully saturated rings. The molecule has 2 aromatic carbocycles. The van der Waals surface area contributed by atoms with Gasteiger partial charge in [0.2, 0.25) is 5.95 Å². The third-order valence-electron chi connectivity index (χ3n) is 6.81. The lowest BCUT2D eigenvalue weighted by Crippen LogP contribution is -2.19. The van der Waals surface area contributed by atoms with Gasteiger partial charge in [0.1, 0.15) is 17.2 Å². The second-order valence-corrected chi connectivity index (χ2v) is 12.6. The van der Waals surface area contributed by atoms with Crippen LogP contribution in [0.2, 0.25) is 0 Å². The molecular weight excluding hydrogens is 585 g/mol. The summed E-state index contributed by atoms with van der Waals surface area (Å²) in [4.78, 5) is 29.0. The number of imidazole rings is 2. The Hall–Kier alpha value is -3.97. The minimum Gasteiger partial charge on any atom is -0.457 e. The lowest BCUT2D eigenvalue weighted by atomic mass is 9.99. The molecule has 1 atom stereocenters. The lowest BCUT2D eigenvalue weighted by Gasteiger charge is -2.16. The van der Waals surface area contributed by atoms with Crippen molar-refractivity contribution >= 4 is 50.0 Å². The van der Waals surface area contributed by atoms with Crippen LogP contribution in [0.5, 0.6) is 11.5 Å². The summed E-state index contributed by atoms with van der Waals surface area (Å²) in [6.07, 6.45) is -0.815. The van der Waals surface area contributed by atoms with Gasteiger partial charge in [-0.25, -0.2) is 9.97 Å². The molecule has 1 aliphatic heterocycles. The molecule has 0 spiro atoms. The van der Waals surface area contributed by atoms with Gasteiger partial charge < -0.3 is 19.6 Å². The van der Waals surface area contributed by atoms with Gasteiger partial charge in [-0.05, 0) is 49.2 Å². The van der Waals surface area contributed by atoms with Gasteiger partial charge in [-0.3, -0.25) is 9.78 Å². The third kappa shape index (κ3) is 5.97. The number of aryl methyl sites for hydroxylation is 2. The van der Waals surface area contributed by atoms with Crippen molar-refractivity contribution in [3.63, 3.8) is 0 Å². The van der Waals surface area contributed by atoms with E-state index in [1.54, 1.807) is 65.1 Å². The van der Waals surface area contributed by atoms with Crippen LogP contribution in [-0.2, 0) is 24.4 Å². The maximum atomic E-state index is 14.0. The normalized spacial score (nSPS) is 15.3. The summed E-state index contributed by atoms with van der Waals surface area (Å²) in [6, 6.07) is 12.8. The number of aromatic amines is 1. The highest BCUT2D eigenvalue weighted by Crippen LogP contribution is 2.40. The van der Waals surface area contributed by atoms with Crippen LogP contribution in [0.3, 0.4) is 0 Å². The summed E-state index contributed by atoms with van der Waals surface area (Å²) >= 11 is 0. The van der Waals surface area contributed by atoms with Crippen LogP contribution in [-0.4, -0.2) is 41.3 Å². The number of rotatable bonds is 8. The molecule has 0 amide bonds. The Labute approximate surface area is 246 Å². The first-order valence-electron chi connectivity index (χ1n) is 13.0. The van der Waals surface area contributed by atoms with E-state index >= 15 is 0 Å². The number of ether oxygens (including phenoxy) is 1. The number of nitrogens with one attached hydrogen (secondary N) is 2. The molecule has 4 heterocycles. The summed E-state index contributed by atoms with van der Waals surface area (Å²) in [5, 5.41) is 2.75. The molecule has 216 valence electrons. The number of carbonyl (C=O) groups is 1. The van der Waals surface area contributed by atoms with Gasteiger partial charge in [-0.1, -0.05) is 27.7 Å². The third-order valence-corrected chi connectivity index (χ3v) is 9.68. The first-order valence-corrected chi connectivity index (χ1v) is 15.4. The zero-order chi connectivity index (χ0) is 29.4. The Bertz CT molecular complexity index is 1780. The van der Waals surface area contributed by atoms with Crippen molar-refractivity contribution in [2.24, 2.45) is 7.05 Å². The quantitative estimate of drug-likeness (QED) is 0.175. The maximum Gasteiger partial charge on any atom is 0.416 e. The first kappa shape index (κ1) is 28.2. The lowest BCUT2D eigenvalue weighted by molar-refractivity contribution is -0.138. The standard InChI is InChI=1S/C29H25F3N6O2S2/c1-16-15-34-27(35-16)23-14-20(7-9-33-23)40-19-5-6-24-22(13-19)37-28(38(24)2)36-18-4-3-17(21(12-18)29(30,31)32)11-25(39)26-8-10-41-42-26/h3-7,9,12-15,26H,8,10-11H2,1-2H3,(H,34,35)(H,36,37). The Morgan fingerprint density at radius 3 is 2.71 bits per heavy atom. The minimum absolute atomic E-state index is 0.0243. The van der Waals surface area contributed by atoms with Crippen molar-refractivity contribution in [1.82, 2.24) is 24.5 Å². The highest BCUT2D eigenvalue weighted by atomic mass is 33.1. The highest BCUT2D eigenvalue weighted by Gasteiger charge is 2.35. The number of H-pyrrole nitrogens is 1. The Kier molecular flexibility index (Phi) is 7.62. The largest absolute Gasteiger partial charge is 0.457 e. The molecule has 0 radical (unpaired) electrons. The molecule has 1 unspecified atom stereocenters. The molecule has 5 aromatic rings. The smallest absolute Gasteiger partial charge is 0.416 e. The average molecular weight is 611 g/mol. The Balaban J connectivity index is 1.22. The molecule has 3 aromatic heterocycles. The van der Waals surface area contributed by atoms with Crippen LogP contribution in [0, 0.1) is 6.92 Å². The highest BCUT2D eigenvalue weighted by molar-refractivity contribution is 8.77. The van der Waals surface area contributed by atoms with E-state index in [0.717, 1.165) is 23.0 Å². The molecule has 1 aliphatic rings. The zero-order valence-electron chi connectivity index (χ0n) is 22.5. The van der Waals surface area contributed by atoms with Gasteiger partial charge in [0.15, 0.2) is 11.6 Å². The van der Waals surface area contributed by atoms with E-state index in [1.807, 2.05) is 13.0 Å². The van der Waals surface area contributed by atoms with E-state index in [2.05, 4.69) is 25.3 Å². The number of hydrogen-bond donors (Lipinski definition) is 2. The number of alkyl halides is 3. The molecule has 13 heteroatoms. The predicted octanol–water partition coefficient (Wildman–Crippen LogP) is 7.49. The number of pyridine rings is 1. The Morgan fingerprint density at radius 2 is 1.98 bits per heavy atom. The van der Waals surface area contributed by atoms with Gasteiger partial charge in [-0.15, -0.1) is 0 Å². The van der Waals surface area contributed by atoms with Crippen LogP contribution in [0.25, 0.3) is 22.6 Å². The second-order valence-electron chi connectivity index (χ2n) is 9.87. The summed E-state index contributed by atoms with van der Waals surface area (Å²) in [5.74, 6) is 2.74. The van der Waals surface area contributed by atoms with Crippen LogP contribution in [0.1, 0.15) is 23.2 Å². The molecule has 2 N–H and O–H groups in total. The van der Waals surface area contributed by atoms with Crippen molar-refractivity contribution < 1.29 is 22.7 Å². The number of halogens is 3. The Morgan fingerprint density at radius 1 is 1.14 bits per heavy atom. The molecule has 0 aliphatic carbocycles. The van der Waals surface area contributed by atoms with E-state index < -0.39 is 11.7 Å². The topological polar surface area (TPSA) is 97.7 Å². The molecular formula is C29H25F3N6O2S2. The summed E-state index contributed by atoms with van der Waals surface area (Å²) in [7, 11) is 4.79. The SMILES string of the molecule is Cc1cnc(-c2cc(Oc3ccc4c(c3)nc(Nc3ccc(CC(=O)C5CCSS5)c(C(F)(F)F)c3)n4C)ccn2)[nH]1. The number of anilines is 2. The fraction of sp³-hybridized carbons (Fsp3) is 0.241. The summed E-state index contributed by atoms with van der Waals surface area (Å²) in [5.41, 5.74) is 2.28. The number of fused-ring (bicyclic) bond motifs is 1. The molecule has 6 rings (SSSR count). The maximum absolute atomic E-state index is 14.0. The molecule has 0 saturated carbocycles. The number of benzene rings is 2. The fourth-order valence-corrected chi connectivity index (χ4v) is 7.52. The van der Waals surface area contributed by atoms with Crippen molar-refractivity contribution in [3.05, 3.63) is 77.7 Å². The number of aromatic nitrogens is 5. The molecule has 0 bridgehead atoms. The van der Waals surface area contributed by atoms with E-state index in [-0.39, 0.29) is 28.7 Å². The molecule has 8 nitrogen and oxygen atoms in total. The minimum atomic E-state index is -4.61. The zero-order valence-corrected chi connectivity index (χ0v) is 24.2. The van der Waals surface area contributed by atoms with Crippen molar-refractivity contribution in [3.8, 4) is 23.0 Å². The number of hydrogen-bond acceptors (Lipinski definition) is 8. The van der Waals surface area contributed by atoms with Gasteiger partial charge in [0.25, 0.3) is 0 Å². The van der Waals surface area contributed by atoms with E-state index in [0.29, 0.717) is 40.9 Å². The van der Waals surface area contributed by atoms with Gasteiger partial charge in [0, 0.05) is 55.1 Å². The average Bonchev–Trinajstić information content (AvgIpc) is 3.71. The summed E-state index contributed by atoms with van der Waals surface area (Å²) < 4.78 is 49.8. The number of Topliss-reactive ketones (excluding diaryl/α,β-unsaturated/α-hetero) is 1. The van der Waals surface area contributed by atoms with Gasteiger partial charge in [-0.2, -0.15) is 13.2 Å². The van der Waals surface area contributed by atoms with Crippen molar-refractivity contribution in [2.45, 2.75) is 31.2 Å². The first-order chi connectivity index (χ1) is 20.1. The van der Waals surface area contributed by atoms with E-state index in [4.69, 9.17) is 4.74 Å². The van der Waals surface area contributed by atoms with Crippen LogP contribution in [0.15, 0.2) is 60.9 Å². The number of carbonyl (C=O) groups excluding carboxylic acids is 1. The predicted molar refractivity (Wildman–Crippen MR) is 159 cm³/mol. The van der Waals surface area contributed by atoms with Gasteiger partial charge >= 0.3 is 6.18 Å². The van der Waals surface area contributed by atoms with Crippen molar-refractivity contribution in [2.75, 3.05) is 11.1 Å². The van der Waals surface area contributed by atoms with Gasteiger partial charge in [0.05, 0.1) is 21.8 Å². The molecule has 42 heavy (non-hydrogen) atoms. The second kappa shape index (κ2) is 11.4. The number of nitrogens with zero attached hydrogens (tertiary/aromatic N) is 4. The van der Waals surface area contributed by atoms with Crippen LogP contribution >= 0.6 is 21.6 Å². The molecule has 1 saturated heterocycles. The van der Waals surface area contributed by atoms with Crippen molar-refractivity contribution in [1.29, 1.82) is 0 Å². The van der Waals surface area contributed by atoms with E-state index in [9.17, 15) is 18.0 Å². The monoisotopic (exact) mass is 610 g/mol. The van der Waals surface area contributed by atoms with Crippen LogP contribution in [0.4, 0.5) is 24.8 Å². The van der Waals surface area contributed by atoms with Crippen LogP contribution < -0.4 is 10.1 Å². The number of ketones is 1.